The van der Waals surface area contributed by atoms with Crippen molar-refractivity contribution in [2.75, 3.05) is 0 Å². The fourth-order valence-corrected chi connectivity index (χ4v) is 1.14. The lowest BCUT2D eigenvalue weighted by Gasteiger charge is -2.08. The summed E-state index contributed by atoms with van der Waals surface area (Å²) in [5.41, 5.74) is 1.12. The first-order chi connectivity index (χ1) is 7.54. The molecule has 0 aliphatic heterocycles. The van der Waals surface area contributed by atoms with Gasteiger partial charge in [0.25, 0.3) is 6.39 Å². The van der Waals surface area contributed by atoms with E-state index >= 15 is 0 Å². The number of nitrogens with zero attached hydrogens (tertiary/aromatic N) is 1. The van der Waals surface area contributed by atoms with Gasteiger partial charge in [-0.1, -0.05) is 0 Å². The molecule has 2 aromatic rings. The molecule has 0 N–H and O–H groups in total. The number of alkyl halides is 3. The Balaban J connectivity index is 2.17. The zero-order chi connectivity index (χ0) is 11.6. The standard InChI is InChI=1S/C10H5F3NO2/c11-10(12,13)16-8-3-1-7(2-4-8)9-5-15-6-14-9/h1-5H. The van der Waals surface area contributed by atoms with E-state index in [9.17, 15) is 13.2 Å². The molecule has 0 saturated heterocycles. The molecule has 6 heteroatoms. The normalized spacial score (nSPS) is 11.4. The number of oxazole rings is 1. The van der Waals surface area contributed by atoms with Crippen LogP contribution in [0, 0.1) is 6.39 Å². The number of rotatable bonds is 2. The van der Waals surface area contributed by atoms with Crippen LogP contribution >= 0.6 is 0 Å². The summed E-state index contributed by atoms with van der Waals surface area (Å²) in [7, 11) is 0. The van der Waals surface area contributed by atoms with Crippen LogP contribution in [-0.2, 0) is 0 Å². The van der Waals surface area contributed by atoms with Gasteiger partial charge in [0, 0.05) is 5.56 Å². The van der Waals surface area contributed by atoms with Crippen molar-refractivity contribution in [1.82, 2.24) is 4.98 Å². The molecule has 0 unspecified atom stereocenters. The summed E-state index contributed by atoms with van der Waals surface area (Å²) in [6.45, 7) is 0. The van der Waals surface area contributed by atoms with Crippen LogP contribution in [-0.4, -0.2) is 11.3 Å². The third-order valence-electron chi connectivity index (χ3n) is 1.77. The topological polar surface area (TPSA) is 35.3 Å². The average Bonchev–Trinajstić information content (AvgIpc) is 2.69. The Hall–Kier alpha value is -1.98. The molecule has 0 aliphatic rings. The fraction of sp³-hybridized carbons (Fsp3) is 0.100. The van der Waals surface area contributed by atoms with Crippen LogP contribution in [0.1, 0.15) is 0 Å². The summed E-state index contributed by atoms with van der Waals surface area (Å²) in [4.78, 5) is 3.74. The van der Waals surface area contributed by atoms with Gasteiger partial charge in [-0.05, 0) is 24.3 Å². The molecule has 0 aliphatic carbocycles. The molecule has 0 amide bonds. The Morgan fingerprint density at radius 3 is 2.38 bits per heavy atom. The van der Waals surface area contributed by atoms with Crippen molar-refractivity contribution in [3.05, 3.63) is 36.9 Å². The molecule has 1 aromatic carbocycles. The first-order valence-corrected chi connectivity index (χ1v) is 4.22. The van der Waals surface area contributed by atoms with E-state index in [1.165, 1.54) is 30.5 Å². The molecule has 0 saturated carbocycles. The predicted octanol–water partition coefficient (Wildman–Crippen LogP) is 3.04. The van der Waals surface area contributed by atoms with Crippen molar-refractivity contribution in [1.29, 1.82) is 0 Å². The maximum Gasteiger partial charge on any atom is 0.573 e. The molecule has 1 radical (unpaired) electrons. The fourth-order valence-electron chi connectivity index (χ4n) is 1.14. The molecule has 83 valence electrons. The van der Waals surface area contributed by atoms with E-state index in [2.05, 4.69) is 20.5 Å². The van der Waals surface area contributed by atoms with Crippen molar-refractivity contribution in [2.45, 2.75) is 6.36 Å². The maximum atomic E-state index is 11.9. The van der Waals surface area contributed by atoms with Crippen LogP contribution in [0.3, 0.4) is 0 Å². The summed E-state index contributed by atoms with van der Waals surface area (Å²) < 4.78 is 43.9. The van der Waals surface area contributed by atoms with E-state index in [-0.39, 0.29) is 5.75 Å². The summed E-state index contributed by atoms with van der Waals surface area (Å²) in [5, 5.41) is 0. The molecule has 16 heavy (non-hydrogen) atoms. The third kappa shape index (κ3) is 2.53. The number of benzene rings is 1. The SMILES string of the molecule is FC(F)(F)Oc1ccc(-c2co[c]n2)cc1. The lowest BCUT2D eigenvalue weighted by molar-refractivity contribution is -0.274. The largest absolute Gasteiger partial charge is 0.573 e. The third-order valence-corrected chi connectivity index (χ3v) is 1.77. The molecule has 0 atom stereocenters. The van der Waals surface area contributed by atoms with Gasteiger partial charge in [0.15, 0.2) is 0 Å². The van der Waals surface area contributed by atoms with Crippen molar-refractivity contribution in [3.63, 3.8) is 0 Å². The van der Waals surface area contributed by atoms with E-state index in [0.29, 0.717) is 11.3 Å². The van der Waals surface area contributed by atoms with Crippen LogP contribution in [0.15, 0.2) is 34.9 Å². The zero-order valence-electron chi connectivity index (χ0n) is 7.78. The van der Waals surface area contributed by atoms with Crippen LogP contribution in [0.5, 0.6) is 5.75 Å². The van der Waals surface area contributed by atoms with Gasteiger partial charge in [0.2, 0.25) is 0 Å². The van der Waals surface area contributed by atoms with Crippen LogP contribution in [0.4, 0.5) is 13.2 Å². The highest BCUT2D eigenvalue weighted by atomic mass is 19.4. The number of halogens is 3. The quantitative estimate of drug-likeness (QED) is 0.792. The second kappa shape index (κ2) is 3.88. The van der Waals surface area contributed by atoms with Crippen LogP contribution in [0.25, 0.3) is 11.3 Å². The Bertz CT molecular complexity index is 448. The smallest absolute Gasteiger partial charge is 0.440 e. The van der Waals surface area contributed by atoms with Gasteiger partial charge >= 0.3 is 6.36 Å². The van der Waals surface area contributed by atoms with Gasteiger partial charge in [-0.3, -0.25) is 0 Å². The highest BCUT2D eigenvalue weighted by Crippen LogP contribution is 2.25. The van der Waals surface area contributed by atoms with E-state index in [1.54, 1.807) is 0 Å². The highest BCUT2D eigenvalue weighted by molar-refractivity contribution is 5.58. The number of ether oxygens (including phenoxy) is 1. The van der Waals surface area contributed by atoms with Gasteiger partial charge in [-0.15, -0.1) is 13.2 Å². The van der Waals surface area contributed by atoms with Crippen molar-refractivity contribution in [2.24, 2.45) is 0 Å². The highest BCUT2D eigenvalue weighted by Gasteiger charge is 2.30. The molecular formula is C10H5F3NO2. The Morgan fingerprint density at radius 1 is 1.19 bits per heavy atom. The van der Waals surface area contributed by atoms with Gasteiger partial charge in [0.05, 0.1) is 0 Å². The lowest BCUT2D eigenvalue weighted by Crippen LogP contribution is -2.16. The molecule has 0 fully saturated rings. The zero-order valence-corrected chi connectivity index (χ0v) is 7.78. The van der Waals surface area contributed by atoms with Gasteiger partial charge in [-0.25, -0.2) is 4.98 Å². The monoisotopic (exact) mass is 228 g/mol. The minimum atomic E-state index is -4.68. The summed E-state index contributed by atoms with van der Waals surface area (Å²) in [5.74, 6) is -0.274. The van der Waals surface area contributed by atoms with E-state index in [0.717, 1.165) is 0 Å². The predicted molar refractivity (Wildman–Crippen MR) is 47.5 cm³/mol. The average molecular weight is 228 g/mol. The minimum Gasteiger partial charge on any atom is -0.440 e. The minimum absolute atomic E-state index is 0.274. The lowest BCUT2D eigenvalue weighted by atomic mass is 10.2. The Kier molecular flexibility index (Phi) is 2.55. The second-order valence-electron chi connectivity index (χ2n) is 2.90. The van der Waals surface area contributed by atoms with Crippen molar-refractivity contribution in [3.8, 4) is 17.0 Å². The summed E-state index contributed by atoms with van der Waals surface area (Å²) in [6, 6.07) is 5.31. The first kappa shape index (κ1) is 10.5. The van der Waals surface area contributed by atoms with Crippen LogP contribution < -0.4 is 4.74 Å². The van der Waals surface area contributed by atoms with E-state index in [4.69, 9.17) is 0 Å². The van der Waals surface area contributed by atoms with Crippen molar-refractivity contribution >= 4 is 0 Å². The van der Waals surface area contributed by atoms with E-state index in [1.807, 2.05) is 0 Å². The van der Waals surface area contributed by atoms with Gasteiger partial charge < -0.3 is 9.15 Å². The molecule has 0 spiro atoms. The number of hydrogen-bond acceptors (Lipinski definition) is 3. The molecule has 3 nitrogen and oxygen atoms in total. The second-order valence-corrected chi connectivity index (χ2v) is 2.90. The number of hydrogen-bond donors (Lipinski definition) is 0. The van der Waals surface area contributed by atoms with E-state index < -0.39 is 6.36 Å². The summed E-state index contributed by atoms with van der Waals surface area (Å²) in [6.07, 6.45) is -1.09. The van der Waals surface area contributed by atoms with Gasteiger partial charge in [-0.2, -0.15) is 0 Å². The number of aromatic nitrogens is 1. The molecular weight excluding hydrogens is 223 g/mol. The maximum absolute atomic E-state index is 11.9. The summed E-state index contributed by atoms with van der Waals surface area (Å²) >= 11 is 0. The van der Waals surface area contributed by atoms with Gasteiger partial charge in [0.1, 0.15) is 17.7 Å². The Labute approximate surface area is 88.5 Å². The van der Waals surface area contributed by atoms with Crippen LogP contribution in [0.2, 0.25) is 0 Å². The van der Waals surface area contributed by atoms with Crippen molar-refractivity contribution < 1.29 is 22.3 Å². The molecule has 2 rings (SSSR count). The molecule has 0 bridgehead atoms. The first-order valence-electron chi connectivity index (χ1n) is 4.22. The Morgan fingerprint density at radius 2 is 1.88 bits per heavy atom. The molecule has 1 heterocycles. The molecule has 1 aromatic heterocycles.